The molecule has 1 N–H and O–H groups in total. The van der Waals surface area contributed by atoms with Gasteiger partial charge in [-0.25, -0.2) is 0 Å². The van der Waals surface area contributed by atoms with E-state index in [2.05, 4.69) is 5.32 Å². The van der Waals surface area contributed by atoms with Gasteiger partial charge in [-0.15, -0.1) is 4.74 Å². The number of nitrogens with one attached hydrogen (secondary N) is 1. The van der Waals surface area contributed by atoms with Gasteiger partial charge >= 0.3 is 0 Å². The maximum Gasteiger partial charge on any atom is 0.290 e. The van der Waals surface area contributed by atoms with E-state index in [4.69, 9.17) is 4.52 Å². The van der Waals surface area contributed by atoms with Crippen LogP contribution in [0.3, 0.4) is 0 Å². The van der Waals surface area contributed by atoms with E-state index in [0.717, 1.165) is 24.4 Å². The Balaban J connectivity index is 1.87. The largest absolute Gasteiger partial charge is 0.373 e. The number of likely N-dealkylation sites (N-methyl/N-ethyl adjacent to an activating group) is 1. The molecule has 6 nitrogen and oxygen atoms in total. The van der Waals surface area contributed by atoms with Crippen molar-refractivity contribution in [3.8, 4) is 0 Å². The molecule has 1 fully saturated rings. The van der Waals surface area contributed by atoms with Gasteiger partial charge in [0.2, 0.25) is 0 Å². The molecule has 1 unspecified atom stereocenters. The molecule has 0 saturated carbocycles. The van der Waals surface area contributed by atoms with Crippen molar-refractivity contribution in [2.24, 2.45) is 5.92 Å². The summed E-state index contributed by atoms with van der Waals surface area (Å²) < 4.78 is 5.92. The lowest BCUT2D eigenvalue weighted by atomic mass is 9.99. The SMILES string of the molecule is Cc1cc(=O)n(C(=O)CN(C)CC2CCCNC2)o1. The first kappa shape index (κ1) is 14.0. The van der Waals surface area contributed by atoms with Crippen LogP contribution in [0.2, 0.25) is 0 Å². The van der Waals surface area contributed by atoms with Gasteiger partial charge in [-0.2, -0.15) is 0 Å². The lowest BCUT2D eigenvalue weighted by Crippen LogP contribution is -2.40. The van der Waals surface area contributed by atoms with Crippen LogP contribution in [0, 0.1) is 12.8 Å². The van der Waals surface area contributed by atoms with Crippen molar-refractivity contribution in [1.29, 1.82) is 0 Å². The van der Waals surface area contributed by atoms with Crippen molar-refractivity contribution in [3.63, 3.8) is 0 Å². The molecule has 1 saturated heterocycles. The molecular weight excluding hydrogens is 246 g/mol. The molecular formula is C13H21N3O3. The number of aryl methyl sites for hydroxylation is 1. The van der Waals surface area contributed by atoms with Gasteiger partial charge < -0.3 is 9.84 Å². The Bertz CT molecular complexity index is 486. The highest BCUT2D eigenvalue weighted by Gasteiger charge is 2.18. The van der Waals surface area contributed by atoms with Crippen molar-refractivity contribution in [3.05, 3.63) is 22.2 Å². The predicted molar refractivity (Wildman–Crippen MR) is 71.4 cm³/mol. The molecule has 1 atom stereocenters. The van der Waals surface area contributed by atoms with Gasteiger partial charge in [-0.1, -0.05) is 0 Å². The molecule has 0 bridgehead atoms. The molecule has 2 heterocycles. The number of hydrogen-bond donors (Lipinski definition) is 1. The molecule has 6 heteroatoms. The molecule has 1 aliphatic rings. The fraction of sp³-hybridized carbons (Fsp3) is 0.692. The van der Waals surface area contributed by atoms with Crippen LogP contribution >= 0.6 is 0 Å². The molecule has 1 aromatic heterocycles. The minimum absolute atomic E-state index is 0.198. The zero-order valence-corrected chi connectivity index (χ0v) is 11.5. The zero-order valence-electron chi connectivity index (χ0n) is 11.5. The van der Waals surface area contributed by atoms with Crippen LogP contribution in [0.5, 0.6) is 0 Å². The standard InChI is InChI=1S/C13H21N3O3/c1-10-6-12(17)16(19-10)13(18)9-15(2)8-11-4-3-5-14-7-11/h6,11,14H,3-5,7-9H2,1-2H3. The summed E-state index contributed by atoms with van der Waals surface area (Å²) in [5, 5.41) is 3.35. The summed E-state index contributed by atoms with van der Waals surface area (Å²) in [6, 6.07) is 1.32. The third-order valence-electron chi connectivity index (χ3n) is 3.36. The average molecular weight is 267 g/mol. The number of carbonyl (C=O) groups excluding carboxylic acids is 1. The van der Waals surface area contributed by atoms with E-state index in [1.165, 1.54) is 18.9 Å². The average Bonchev–Trinajstić information content (AvgIpc) is 2.69. The maximum absolute atomic E-state index is 11.9. The number of aromatic nitrogens is 1. The first-order valence-corrected chi connectivity index (χ1v) is 6.68. The highest BCUT2D eigenvalue weighted by Crippen LogP contribution is 2.10. The van der Waals surface area contributed by atoms with E-state index in [1.54, 1.807) is 6.92 Å². The molecule has 0 radical (unpaired) electrons. The molecule has 1 aliphatic heterocycles. The lowest BCUT2D eigenvalue weighted by Gasteiger charge is -2.27. The number of nitrogens with zero attached hydrogens (tertiary/aromatic N) is 2. The minimum atomic E-state index is -0.393. The van der Waals surface area contributed by atoms with E-state index in [0.29, 0.717) is 11.7 Å². The summed E-state index contributed by atoms with van der Waals surface area (Å²) >= 11 is 0. The van der Waals surface area contributed by atoms with Crippen LogP contribution < -0.4 is 10.9 Å². The summed E-state index contributed by atoms with van der Waals surface area (Å²) in [5.74, 6) is 0.712. The van der Waals surface area contributed by atoms with Crippen molar-refractivity contribution in [2.75, 3.05) is 33.2 Å². The van der Waals surface area contributed by atoms with Crippen LogP contribution in [-0.4, -0.2) is 48.8 Å². The number of carbonyl (C=O) groups is 1. The highest BCUT2D eigenvalue weighted by atomic mass is 16.5. The summed E-state index contributed by atoms with van der Waals surface area (Å²) in [4.78, 5) is 25.4. The molecule has 106 valence electrons. The van der Waals surface area contributed by atoms with Gasteiger partial charge in [0.1, 0.15) is 5.76 Å². The second-order valence-corrected chi connectivity index (χ2v) is 5.28. The van der Waals surface area contributed by atoms with Crippen LogP contribution in [0.4, 0.5) is 0 Å². The van der Waals surface area contributed by atoms with Gasteiger partial charge in [-0.05, 0) is 45.8 Å². The number of hydrogen-bond acceptors (Lipinski definition) is 5. The van der Waals surface area contributed by atoms with Gasteiger partial charge in [0.25, 0.3) is 11.5 Å². The summed E-state index contributed by atoms with van der Waals surface area (Å²) in [6.07, 6.45) is 2.37. The van der Waals surface area contributed by atoms with Gasteiger partial charge in [0.05, 0.1) is 6.54 Å². The van der Waals surface area contributed by atoms with Crippen molar-refractivity contribution < 1.29 is 9.32 Å². The second-order valence-electron chi connectivity index (χ2n) is 5.28. The first-order valence-electron chi connectivity index (χ1n) is 6.68. The Morgan fingerprint density at radius 3 is 3.00 bits per heavy atom. The Labute approximate surface area is 112 Å². The van der Waals surface area contributed by atoms with Gasteiger partial charge in [-0.3, -0.25) is 14.5 Å². The highest BCUT2D eigenvalue weighted by molar-refractivity contribution is 5.79. The lowest BCUT2D eigenvalue weighted by molar-refractivity contribution is 0.0719. The molecule has 2 rings (SSSR count). The Morgan fingerprint density at radius 1 is 1.63 bits per heavy atom. The Kier molecular flexibility index (Phi) is 4.55. The van der Waals surface area contributed by atoms with E-state index >= 15 is 0 Å². The predicted octanol–water partition coefficient (Wildman–Crippen LogP) is 0.321. The quantitative estimate of drug-likeness (QED) is 0.851. The first-order chi connectivity index (χ1) is 9.06. The minimum Gasteiger partial charge on any atom is -0.373 e. The Hall–Kier alpha value is -1.40. The summed E-state index contributed by atoms with van der Waals surface area (Å²) in [7, 11) is 1.90. The third-order valence-corrected chi connectivity index (χ3v) is 3.36. The van der Waals surface area contributed by atoms with Crippen LogP contribution in [-0.2, 0) is 0 Å². The molecule has 0 amide bonds. The topological polar surface area (TPSA) is 67.5 Å². The molecule has 19 heavy (non-hydrogen) atoms. The molecule has 1 aromatic rings. The van der Waals surface area contributed by atoms with E-state index in [-0.39, 0.29) is 12.5 Å². The molecule has 0 spiro atoms. The van der Waals surface area contributed by atoms with Crippen molar-refractivity contribution in [1.82, 2.24) is 15.0 Å². The fourth-order valence-electron chi connectivity index (χ4n) is 2.50. The van der Waals surface area contributed by atoms with Crippen molar-refractivity contribution in [2.45, 2.75) is 19.8 Å². The molecule has 0 aliphatic carbocycles. The zero-order chi connectivity index (χ0) is 13.8. The number of rotatable bonds is 4. The van der Waals surface area contributed by atoms with E-state index in [9.17, 15) is 9.59 Å². The van der Waals surface area contributed by atoms with Gasteiger partial charge in [0, 0.05) is 12.6 Å². The third kappa shape index (κ3) is 3.78. The summed E-state index contributed by atoms with van der Waals surface area (Å²) in [5.41, 5.74) is -0.393. The van der Waals surface area contributed by atoms with Crippen LogP contribution in [0.15, 0.2) is 15.4 Å². The maximum atomic E-state index is 11.9. The summed E-state index contributed by atoms with van der Waals surface area (Å²) in [6.45, 7) is 4.79. The normalized spacial score (nSPS) is 19.8. The fourth-order valence-corrected chi connectivity index (χ4v) is 2.50. The Morgan fingerprint density at radius 2 is 2.42 bits per heavy atom. The van der Waals surface area contributed by atoms with Crippen LogP contribution in [0.25, 0.3) is 0 Å². The van der Waals surface area contributed by atoms with Crippen LogP contribution in [0.1, 0.15) is 23.4 Å². The second kappa shape index (κ2) is 6.16. The monoisotopic (exact) mass is 267 g/mol. The number of piperidine rings is 1. The van der Waals surface area contributed by atoms with E-state index in [1.807, 2.05) is 11.9 Å². The smallest absolute Gasteiger partial charge is 0.290 e. The van der Waals surface area contributed by atoms with E-state index < -0.39 is 5.56 Å². The van der Waals surface area contributed by atoms with Crippen molar-refractivity contribution >= 4 is 5.91 Å². The molecule has 0 aromatic carbocycles. The van der Waals surface area contributed by atoms with Gasteiger partial charge in [0.15, 0.2) is 0 Å².